The molecule has 0 fully saturated rings. The average Bonchev–Trinajstić information content (AvgIpc) is 2.32. The maximum absolute atomic E-state index is 10.5. The highest BCUT2D eigenvalue weighted by Gasteiger charge is 2.08. The molecule has 0 aliphatic carbocycles. The van der Waals surface area contributed by atoms with Crippen molar-refractivity contribution in [1.29, 1.82) is 0 Å². The van der Waals surface area contributed by atoms with Gasteiger partial charge in [-0.2, -0.15) is 0 Å². The number of hydrogen-bond donors (Lipinski definition) is 2. The van der Waals surface area contributed by atoms with E-state index in [-0.39, 0.29) is 0 Å². The summed E-state index contributed by atoms with van der Waals surface area (Å²) in [6, 6.07) is 0. The van der Waals surface area contributed by atoms with Crippen LogP contribution in [0.5, 0.6) is 0 Å². The van der Waals surface area contributed by atoms with Gasteiger partial charge in [0.25, 0.3) is 0 Å². The van der Waals surface area contributed by atoms with Gasteiger partial charge in [-0.25, -0.2) is 4.79 Å². The number of nitrogens with one attached hydrogen (secondary N) is 1. The van der Waals surface area contributed by atoms with Crippen LogP contribution in [-0.4, -0.2) is 13.6 Å². The van der Waals surface area contributed by atoms with Crippen molar-refractivity contribution in [1.82, 2.24) is 0 Å². The molecule has 11 heavy (non-hydrogen) atoms. The van der Waals surface area contributed by atoms with E-state index in [1.165, 1.54) is 0 Å². The molecule has 1 rings (SSSR count). The molecule has 5 nitrogen and oxygen atoms in total. The van der Waals surface area contributed by atoms with Crippen LogP contribution in [0.25, 0.3) is 0 Å². The molecule has 0 aliphatic heterocycles. The summed E-state index contributed by atoms with van der Waals surface area (Å²) in [4.78, 5) is 10.5. The minimum Gasteiger partial charge on any atom is -0.393 e. The summed E-state index contributed by atoms with van der Waals surface area (Å²) in [7, 11) is 1.65. The van der Waals surface area contributed by atoms with Crippen LogP contribution in [0.15, 0.2) is 13.6 Å². The Labute approximate surface area is 63.2 Å². The van der Waals surface area contributed by atoms with E-state index in [4.69, 9.17) is 5.73 Å². The van der Waals surface area contributed by atoms with Crippen LogP contribution in [0.3, 0.4) is 0 Å². The van der Waals surface area contributed by atoms with Crippen molar-refractivity contribution in [3.05, 3.63) is 16.4 Å². The molecule has 5 heteroatoms. The molecular weight excluding hydrogens is 148 g/mol. The van der Waals surface area contributed by atoms with Gasteiger partial charge in [-0.3, -0.25) is 0 Å². The summed E-state index contributed by atoms with van der Waals surface area (Å²) in [5.74, 6) is 0.137. The van der Waals surface area contributed by atoms with Gasteiger partial charge in [-0.05, 0) is 6.54 Å². The topological polar surface area (TPSA) is 81.4 Å². The fourth-order valence-electron chi connectivity index (χ4n) is 0.794. The summed E-state index contributed by atoms with van der Waals surface area (Å²) in [6.07, 6.45) is 0.502. The predicted molar refractivity (Wildman–Crippen MR) is 39.5 cm³/mol. The fourth-order valence-corrected chi connectivity index (χ4v) is 0.794. The van der Waals surface area contributed by atoms with Gasteiger partial charge in [0.1, 0.15) is 0 Å². The second kappa shape index (κ2) is 3.25. The lowest BCUT2D eigenvalue weighted by Crippen LogP contribution is -2.03. The first kappa shape index (κ1) is 7.87. The molecule has 0 atom stereocenters. The molecule has 0 saturated carbocycles. The van der Waals surface area contributed by atoms with Crippen molar-refractivity contribution in [2.24, 2.45) is 5.73 Å². The number of rotatable bonds is 3. The Kier molecular flexibility index (Phi) is 2.32. The monoisotopic (exact) mass is 158 g/mol. The van der Waals surface area contributed by atoms with Crippen LogP contribution in [0.1, 0.15) is 5.76 Å². The molecular formula is C6H10N2O3. The zero-order valence-electron chi connectivity index (χ0n) is 6.22. The molecule has 0 unspecified atom stereocenters. The van der Waals surface area contributed by atoms with Gasteiger partial charge < -0.3 is 19.9 Å². The molecule has 0 aliphatic rings. The normalized spacial score (nSPS) is 10.0. The lowest BCUT2D eigenvalue weighted by atomic mass is 10.3. The highest BCUT2D eigenvalue weighted by atomic mass is 16.6. The van der Waals surface area contributed by atoms with E-state index in [2.05, 4.69) is 14.2 Å². The quantitative estimate of drug-likeness (QED) is 0.635. The maximum atomic E-state index is 10.5. The highest BCUT2D eigenvalue weighted by molar-refractivity contribution is 5.33. The van der Waals surface area contributed by atoms with Crippen LogP contribution in [-0.2, 0) is 6.42 Å². The minimum absolute atomic E-state index is 0.362. The van der Waals surface area contributed by atoms with Crippen LogP contribution >= 0.6 is 0 Å². The van der Waals surface area contributed by atoms with Crippen LogP contribution in [0.2, 0.25) is 0 Å². The first-order chi connectivity index (χ1) is 5.27. The van der Waals surface area contributed by atoms with Gasteiger partial charge in [-0.1, -0.05) is 0 Å². The Balaban J connectivity index is 2.92. The van der Waals surface area contributed by atoms with E-state index in [0.717, 1.165) is 0 Å². The molecule has 0 aromatic carbocycles. The van der Waals surface area contributed by atoms with Crippen molar-refractivity contribution in [3.8, 4) is 0 Å². The molecule has 0 amide bonds. The highest BCUT2D eigenvalue weighted by Crippen LogP contribution is 2.11. The van der Waals surface area contributed by atoms with Crippen molar-refractivity contribution >= 4 is 5.88 Å². The standard InChI is InChI=1S/C6H10N2O3/c1-8-5-4(2-3-7)10-6(9)11-5/h8H,2-3,7H2,1H3. The Bertz CT molecular complexity index is 276. The number of nitrogens with two attached hydrogens (primary N) is 1. The second-order valence-corrected chi connectivity index (χ2v) is 2.00. The lowest BCUT2D eigenvalue weighted by molar-refractivity contribution is 0.377. The maximum Gasteiger partial charge on any atom is 0.520 e. The minimum atomic E-state index is -0.696. The molecule has 1 aromatic heterocycles. The van der Waals surface area contributed by atoms with Crippen molar-refractivity contribution in [3.63, 3.8) is 0 Å². The number of hydrogen-bond acceptors (Lipinski definition) is 5. The fraction of sp³-hybridized carbons (Fsp3) is 0.500. The van der Waals surface area contributed by atoms with E-state index >= 15 is 0 Å². The SMILES string of the molecule is CNc1oc(=O)oc1CCN. The van der Waals surface area contributed by atoms with Crippen molar-refractivity contribution in [2.45, 2.75) is 6.42 Å². The molecule has 0 radical (unpaired) electrons. The third kappa shape index (κ3) is 1.62. The summed E-state index contributed by atoms with van der Waals surface area (Å²) < 4.78 is 9.31. The van der Waals surface area contributed by atoms with Gasteiger partial charge in [0.2, 0.25) is 5.88 Å². The largest absolute Gasteiger partial charge is 0.520 e. The van der Waals surface area contributed by atoms with Crippen molar-refractivity contribution < 1.29 is 8.83 Å². The summed E-state index contributed by atoms with van der Waals surface area (Å²) in [6.45, 7) is 0.428. The van der Waals surface area contributed by atoms with Gasteiger partial charge in [0, 0.05) is 13.5 Å². The van der Waals surface area contributed by atoms with Crippen LogP contribution < -0.4 is 16.9 Å². The smallest absolute Gasteiger partial charge is 0.393 e. The Morgan fingerprint density at radius 1 is 1.55 bits per heavy atom. The molecule has 1 heterocycles. The van der Waals surface area contributed by atoms with Gasteiger partial charge >= 0.3 is 5.82 Å². The zero-order chi connectivity index (χ0) is 8.27. The summed E-state index contributed by atoms with van der Waals surface area (Å²) in [5.41, 5.74) is 5.26. The summed E-state index contributed by atoms with van der Waals surface area (Å²) >= 11 is 0. The van der Waals surface area contributed by atoms with Crippen molar-refractivity contribution in [2.75, 3.05) is 18.9 Å². The van der Waals surface area contributed by atoms with E-state index < -0.39 is 5.82 Å². The van der Waals surface area contributed by atoms with Gasteiger partial charge in [-0.15, -0.1) is 0 Å². The second-order valence-electron chi connectivity index (χ2n) is 2.00. The predicted octanol–water partition coefficient (Wildman–Crippen LogP) is -0.224. The zero-order valence-corrected chi connectivity index (χ0v) is 6.22. The average molecular weight is 158 g/mol. The van der Waals surface area contributed by atoms with Crippen LogP contribution in [0, 0.1) is 0 Å². The van der Waals surface area contributed by atoms with E-state index in [0.29, 0.717) is 24.6 Å². The van der Waals surface area contributed by atoms with E-state index in [1.807, 2.05) is 0 Å². The third-order valence-electron chi connectivity index (χ3n) is 1.24. The van der Waals surface area contributed by atoms with E-state index in [1.54, 1.807) is 7.05 Å². The lowest BCUT2D eigenvalue weighted by Gasteiger charge is -1.93. The molecule has 62 valence electrons. The summed E-state index contributed by atoms with van der Waals surface area (Å²) in [5, 5.41) is 2.69. The molecule has 0 bridgehead atoms. The first-order valence-electron chi connectivity index (χ1n) is 3.28. The first-order valence-corrected chi connectivity index (χ1v) is 3.28. The molecule has 1 aromatic rings. The Morgan fingerprint density at radius 3 is 2.82 bits per heavy atom. The molecule has 0 saturated heterocycles. The van der Waals surface area contributed by atoms with E-state index in [9.17, 15) is 4.79 Å². The van der Waals surface area contributed by atoms with Gasteiger partial charge in [0.05, 0.1) is 0 Å². The van der Waals surface area contributed by atoms with Crippen LogP contribution in [0.4, 0.5) is 5.88 Å². The third-order valence-corrected chi connectivity index (χ3v) is 1.24. The number of anilines is 1. The van der Waals surface area contributed by atoms with Gasteiger partial charge in [0.15, 0.2) is 5.76 Å². The molecule has 3 N–H and O–H groups in total. The Morgan fingerprint density at radius 2 is 2.27 bits per heavy atom. The molecule has 0 spiro atoms. The Hall–Kier alpha value is -1.23.